The number of likely N-dealkylation sites (tertiary alicyclic amines) is 1. The molecule has 1 aromatic carbocycles. The number of rotatable bonds is 4. The zero-order chi connectivity index (χ0) is 20.5. The van der Waals surface area contributed by atoms with Crippen molar-refractivity contribution in [1.82, 2.24) is 9.88 Å². The van der Waals surface area contributed by atoms with Gasteiger partial charge in [0, 0.05) is 38.8 Å². The van der Waals surface area contributed by atoms with Crippen LogP contribution in [-0.4, -0.2) is 53.2 Å². The Labute approximate surface area is 168 Å². The second-order valence-electron chi connectivity index (χ2n) is 8.22. The van der Waals surface area contributed by atoms with Crippen molar-refractivity contribution in [3.63, 3.8) is 0 Å². The molecule has 1 fully saturated rings. The van der Waals surface area contributed by atoms with Crippen molar-refractivity contribution in [2.45, 2.75) is 39.2 Å². The number of nitro groups is 1. The van der Waals surface area contributed by atoms with E-state index in [2.05, 4.69) is 9.88 Å². The third-order valence-corrected chi connectivity index (χ3v) is 5.75. The average molecular weight is 407 g/mol. The predicted octanol–water partition coefficient (Wildman–Crippen LogP) is 4.29. The molecule has 1 aromatic heterocycles. The fourth-order valence-electron chi connectivity index (χ4n) is 3.35. The number of thiazole rings is 1. The Morgan fingerprint density at radius 2 is 2.21 bits per heavy atom. The molecule has 1 amide bonds. The molecule has 1 saturated heterocycles. The fourth-order valence-corrected chi connectivity index (χ4v) is 4.27. The summed E-state index contributed by atoms with van der Waals surface area (Å²) >= 11 is 1.52. The van der Waals surface area contributed by atoms with Crippen molar-refractivity contribution >= 4 is 38.5 Å². The van der Waals surface area contributed by atoms with Gasteiger partial charge in [0.25, 0.3) is 5.69 Å². The van der Waals surface area contributed by atoms with Crippen molar-refractivity contribution in [2.24, 2.45) is 5.92 Å². The van der Waals surface area contributed by atoms with E-state index in [-0.39, 0.29) is 11.8 Å². The summed E-state index contributed by atoms with van der Waals surface area (Å²) in [5.41, 5.74) is 0.192. The smallest absolute Gasteiger partial charge is 0.410 e. The summed E-state index contributed by atoms with van der Waals surface area (Å²) in [6, 6.07) is 4.76. The Hall–Kier alpha value is -2.42. The highest BCUT2D eigenvalue weighted by Crippen LogP contribution is 2.31. The Morgan fingerprint density at radius 1 is 1.46 bits per heavy atom. The third-order valence-electron chi connectivity index (χ3n) is 4.60. The van der Waals surface area contributed by atoms with Crippen LogP contribution in [0.5, 0.6) is 0 Å². The Morgan fingerprint density at radius 3 is 2.89 bits per heavy atom. The van der Waals surface area contributed by atoms with Gasteiger partial charge in [-0.05, 0) is 45.6 Å². The van der Waals surface area contributed by atoms with Crippen molar-refractivity contribution < 1.29 is 14.5 Å². The van der Waals surface area contributed by atoms with Crippen molar-refractivity contribution in [3.8, 4) is 0 Å². The van der Waals surface area contributed by atoms with Gasteiger partial charge in [-0.2, -0.15) is 0 Å². The fraction of sp³-hybridized carbons (Fsp3) is 0.579. The summed E-state index contributed by atoms with van der Waals surface area (Å²) in [5, 5.41) is 11.8. The number of amides is 1. The van der Waals surface area contributed by atoms with Gasteiger partial charge in [0.15, 0.2) is 5.13 Å². The maximum absolute atomic E-state index is 12.3. The largest absolute Gasteiger partial charge is 0.444 e. The molecule has 0 unspecified atom stereocenters. The number of hydrogen-bond acceptors (Lipinski definition) is 7. The number of anilines is 1. The Bertz CT molecular complexity index is 876. The molecule has 152 valence electrons. The van der Waals surface area contributed by atoms with E-state index in [1.54, 1.807) is 11.0 Å². The zero-order valence-corrected chi connectivity index (χ0v) is 17.5. The van der Waals surface area contributed by atoms with Gasteiger partial charge in [0.2, 0.25) is 0 Å². The van der Waals surface area contributed by atoms with Crippen LogP contribution in [0.25, 0.3) is 10.2 Å². The lowest BCUT2D eigenvalue weighted by molar-refractivity contribution is -0.384. The second-order valence-corrected chi connectivity index (χ2v) is 9.23. The number of nitro benzene ring substituents is 1. The van der Waals surface area contributed by atoms with Gasteiger partial charge < -0.3 is 14.5 Å². The summed E-state index contributed by atoms with van der Waals surface area (Å²) in [6.45, 7) is 7.77. The number of hydrogen-bond donors (Lipinski definition) is 0. The minimum Gasteiger partial charge on any atom is -0.444 e. The van der Waals surface area contributed by atoms with Crippen LogP contribution in [-0.2, 0) is 4.74 Å². The quantitative estimate of drug-likeness (QED) is 0.556. The van der Waals surface area contributed by atoms with Crippen LogP contribution >= 0.6 is 11.3 Å². The first-order valence-electron chi connectivity index (χ1n) is 9.36. The summed E-state index contributed by atoms with van der Waals surface area (Å²) in [7, 11) is 1.97. The topological polar surface area (TPSA) is 88.8 Å². The lowest BCUT2D eigenvalue weighted by Gasteiger charge is -2.35. The molecule has 0 radical (unpaired) electrons. The number of ether oxygens (including phenoxy) is 1. The van der Waals surface area contributed by atoms with Gasteiger partial charge in [-0.15, -0.1) is 0 Å². The van der Waals surface area contributed by atoms with Gasteiger partial charge in [-0.1, -0.05) is 11.3 Å². The average Bonchev–Trinajstić information content (AvgIpc) is 3.04. The van der Waals surface area contributed by atoms with E-state index in [1.165, 1.54) is 23.5 Å². The van der Waals surface area contributed by atoms with Gasteiger partial charge in [0.05, 0.1) is 15.1 Å². The summed E-state index contributed by atoms with van der Waals surface area (Å²) in [4.78, 5) is 31.3. The van der Waals surface area contributed by atoms with E-state index in [0.29, 0.717) is 18.0 Å². The Kier molecular flexibility index (Phi) is 5.74. The minimum absolute atomic E-state index is 0.0484. The van der Waals surface area contributed by atoms with Crippen LogP contribution in [0.4, 0.5) is 15.6 Å². The molecule has 9 heteroatoms. The monoisotopic (exact) mass is 406 g/mol. The number of carbonyl (C=O) groups excluding carboxylic acids is 1. The van der Waals surface area contributed by atoms with Gasteiger partial charge >= 0.3 is 6.09 Å². The first kappa shape index (κ1) is 20.3. The van der Waals surface area contributed by atoms with Crippen molar-refractivity contribution in [2.75, 3.05) is 31.6 Å². The highest BCUT2D eigenvalue weighted by Gasteiger charge is 2.28. The first-order chi connectivity index (χ1) is 13.1. The lowest BCUT2D eigenvalue weighted by Crippen LogP contribution is -2.45. The SMILES string of the molecule is CN(C[C@@H]1CCCN(C(=O)OC(C)(C)C)C1)c1nc2cc([N+](=O)[O-])ccc2s1. The number of nitrogens with zero attached hydrogens (tertiary/aromatic N) is 4. The highest BCUT2D eigenvalue weighted by atomic mass is 32.1. The molecule has 0 N–H and O–H groups in total. The van der Waals surface area contributed by atoms with Gasteiger partial charge in [-0.25, -0.2) is 9.78 Å². The molecule has 2 heterocycles. The first-order valence-corrected chi connectivity index (χ1v) is 10.2. The van der Waals surface area contributed by atoms with E-state index < -0.39 is 10.5 Å². The molecule has 0 aliphatic carbocycles. The molecule has 2 aromatic rings. The summed E-state index contributed by atoms with van der Waals surface area (Å²) < 4.78 is 6.42. The molecule has 1 atom stereocenters. The van der Waals surface area contributed by atoms with Crippen molar-refractivity contribution in [1.29, 1.82) is 0 Å². The molecule has 3 rings (SSSR count). The molecule has 1 aliphatic heterocycles. The van der Waals surface area contributed by atoms with Crippen LogP contribution in [0, 0.1) is 16.0 Å². The lowest BCUT2D eigenvalue weighted by atomic mass is 9.98. The number of piperidine rings is 1. The van der Waals surface area contributed by atoms with Crippen LogP contribution in [0.3, 0.4) is 0 Å². The molecule has 0 spiro atoms. The number of aromatic nitrogens is 1. The Balaban J connectivity index is 1.65. The van der Waals surface area contributed by atoms with E-state index >= 15 is 0 Å². The normalized spacial score (nSPS) is 17.6. The van der Waals surface area contributed by atoms with E-state index in [1.807, 2.05) is 27.8 Å². The third kappa shape index (κ3) is 4.89. The van der Waals surface area contributed by atoms with Crippen LogP contribution in [0.1, 0.15) is 33.6 Å². The highest BCUT2D eigenvalue weighted by molar-refractivity contribution is 7.22. The second kappa shape index (κ2) is 7.90. The molecule has 1 aliphatic rings. The summed E-state index contributed by atoms with van der Waals surface area (Å²) in [6.07, 6.45) is 1.73. The van der Waals surface area contributed by atoms with Gasteiger partial charge in [0.1, 0.15) is 5.60 Å². The number of fused-ring (bicyclic) bond motifs is 1. The van der Waals surface area contributed by atoms with E-state index in [0.717, 1.165) is 35.8 Å². The van der Waals surface area contributed by atoms with Gasteiger partial charge in [-0.3, -0.25) is 10.1 Å². The maximum Gasteiger partial charge on any atom is 0.410 e. The standard InChI is InChI=1S/C19H26N4O4S/c1-19(2,3)27-18(24)22-9-5-6-13(12-22)11-21(4)17-20-15-10-14(23(25)26)7-8-16(15)28-17/h7-8,10,13H,5-6,9,11-12H2,1-4H3/t13-/m0/s1. The molecule has 8 nitrogen and oxygen atoms in total. The number of non-ortho nitro benzene ring substituents is 1. The zero-order valence-electron chi connectivity index (χ0n) is 16.7. The van der Waals surface area contributed by atoms with E-state index in [9.17, 15) is 14.9 Å². The number of benzene rings is 1. The molecule has 0 saturated carbocycles. The predicted molar refractivity (Wildman–Crippen MR) is 110 cm³/mol. The van der Waals surface area contributed by atoms with Crippen LogP contribution in [0.2, 0.25) is 0 Å². The van der Waals surface area contributed by atoms with Crippen LogP contribution < -0.4 is 4.90 Å². The molecule has 28 heavy (non-hydrogen) atoms. The van der Waals surface area contributed by atoms with Crippen LogP contribution in [0.15, 0.2) is 18.2 Å². The molecular weight excluding hydrogens is 380 g/mol. The summed E-state index contributed by atoms with van der Waals surface area (Å²) in [5.74, 6) is 0.326. The molecule has 0 bridgehead atoms. The van der Waals surface area contributed by atoms with Crippen molar-refractivity contribution in [3.05, 3.63) is 28.3 Å². The minimum atomic E-state index is -0.496. The van der Waals surface area contributed by atoms with E-state index in [4.69, 9.17) is 4.74 Å². The molecular formula is C19H26N4O4S. The number of carbonyl (C=O) groups is 1. The maximum atomic E-state index is 12.3.